The van der Waals surface area contributed by atoms with Crippen molar-refractivity contribution in [3.63, 3.8) is 0 Å². The number of unbranched alkanes of at least 4 members (excludes halogenated alkanes) is 1. The Bertz CT molecular complexity index is 1410. The summed E-state index contributed by atoms with van der Waals surface area (Å²) in [4.78, 5) is 29.3. The molecule has 3 aromatic carbocycles. The average molecular weight is 580 g/mol. The molecule has 1 N–H and O–H groups in total. The average Bonchev–Trinajstić information content (AvgIpc) is 2.93. The summed E-state index contributed by atoms with van der Waals surface area (Å²) in [5.41, 5.74) is 3.82. The zero-order valence-corrected chi connectivity index (χ0v) is 25.4. The molecule has 0 heterocycles. The van der Waals surface area contributed by atoms with Gasteiger partial charge in [0.25, 0.3) is 0 Å². The number of hydrogen-bond acceptors (Lipinski definition) is 5. The minimum atomic E-state index is -3.82. The number of nitrogens with zero attached hydrogens (tertiary/aromatic N) is 2. The van der Waals surface area contributed by atoms with Crippen molar-refractivity contribution < 1.29 is 22.7 Å². The first-order valence-electron chi connectivity index (χ1n) is 13.8. The molecule has 0 saturated carbocycles. The Morgan fingerprint density at radius 1 is 0.927 bits per heavy atom. The Balaban J connectivity index is 2.06. The fourth-order valence-electron chi connectivity index (χ4n) is 4.74. The summed E-state index contributed by atoms with van der Waals surface area (Å²) >= 11 is 0. The number of methoxy groups -OCH3 is 1. The number of sulfonamides is 1. The molecule has 220 valence electrons. The van der Waals surface area contributed by atoms with Gasteiger partial charge in [0.1, 0.15) is 18.3 Å². The molecule has 9 heteroatoms. The van der Waals surface area contributed by atoms with E-state index in [1.165, 1.54) is 4.90 Å². The highest BCUT2D eigenvalue weighted by Crippen LogP contribution is 2.23. The smallest absolute Gasteiger partial charge is 0.244 e. The van der Waals surface area contributed by atoms with Crippen molar-refractivity contribution in [2.24, 2.45) is 0 Å². The van der Waals surface area contributed by atoms with Gasteiger partial charge in [-0.15, -0.1) is 0 Å². The zero-order valence-electron chi connectivity index (χ0n) is 24.6. The number of amides is 2. The molecule has 2 amide bonds. The molecule has 0 bridgehead atoms. The predicted octanol–water partition coefficient (Wildman–Crippen LogP) is 4.63. The monoisotopic (exact) mass is 579 g/mol. The highest BCUT2D eigenvalue weighted by atomic mass is 32.2. The van der Waals surface area contributed by atoms with E-state index in [1.807, 2.05) is 75.4 Å². The van der Waals surface area contributed by atoms with E-state index in [2.05, 4.69) is 5.32 Å². The van der Waals surface area contributed by atoms with Gasteiger partial charge in [-0.05, 0) is 66.8 Å². The third-order valence-electron chi connectivity index (χ3n) is 6.76. The summed E-state index contributed by atoms with van der Waals surface area (Å²) in [7, 11) is -2.26. The molecular formula is C32H41N3O5S. The molecule has 0 aliphatic rings. The fraction of sp³-hybridized carbons (Fsp3) is 0.375. The van der Waals surface area contributed by atoms with Crippen LogP contribution in [-0.4, -0.2) is 57.6 Å². The molecule has 0 aliphatic heterocycles. The van der Waals surface area contributed by atoms with E-state index < -0.39 is 28.5 Å². The summed E-state index contributed by atoms with van der Waals surface area (Å²) in [5.74, 6) is -0.144. The molecule has 0 saturated heterocycles. The van der Waals surface area contributed by atoms with E-state index in [1.54, 1.807) is 25.3 Å². The lowest BCUT2D eigenvalue weighted by Crippen LogP contribution is -2.53. The highest BCUT2D eigenvalue weighted by molar-refractivity contribution is 7.92. The maximum Gasteiger partial charge on any atom is 0.244 e. The topological polar surface area (TPSA) is 96.0 Å². The summed E-state index contributed by atoms with van der Waals surface area (Å²) in [6.07, 6.45) is 3.08. The Morgan fingerprint density at radius 3 is 2.20 bits per heavy atom. The van der Waals surface area contributed by atoms with Crippen LogP contribution in [0.3, 0.4) is 0 Å². The van der Waals surface area contributed by atoms with Gasteiger partial charge in [-0.3, -0.25) is 13.9 Å². The Labute approximate surface area is 244 Å². The Kier molecular flexibility index (Phi) is 11.3. The summed E-state index contributed by atoms with van der Waals surface area (Å²) < 4.78 is 32.5. The van der Waals surface area contributed by atoms with Crippen LogP contribution < -0.4 is 14.4 Å². The second kappa shape index (κ2) is 14.7. The van der Waals surface area contributed by atoms with E-state index in [0.717, 1.165) is 45.7 Å². The number of carbonyl (C=O) groups is 2. The van der Waals surface area contributed by atoms with Crippen molar-refractivity contribution in [3.05, 3.63) is 95.1 Å². The van der Waals surface area contributed by atoms with Gasteiger partial charge in [0.05, 0.1) is 19.1 Å². The minimum Gasteiger partial charge on any atom is -0.497 e. The number of nitrogens with one attached hydrogen (secondary N) is 1. The molecule has 0 radical (unpaired) electrons. The molecule has 3 rings (SSSR count). The molecule has 1 atom stereocenters. The van der Waals surface area contributed by atoms with Crippen LogP contribution in [0.2, 0.25) is 0 Å². The molecule has 8 nitrogen and oxygen atoms in total. The number of anilines is 1. The minimum absolute atomic E-state index is 0.0964. The molecule has 0 aromatic heterocycles. The standard InChI is InChI=1S/C32H41N3O5S/c1-6-7-16-33-32(37)30(21-26-12-9-8-10-13-26)34(22-27-14-11-15-29(20-27)40-4)31(36)23-35(41(5,38)39)28-18-24(2)17-25(3)19-28/h8-15,17-20,30H,6-7,16,21-23H2,1-5H3,(H,33,37)/t30-/m0/s1. The molecule has 41 heavy (non-hydrogen) atoms. The third-order valence-corrected chi connectivity index (χ3v) is 7.90. The lowest BCUT2D eigenvalue weighted by Gasteiger charge is -2.33. The van der Waals surface area contributed by atoms with Crippen LogP contribution in [0, 0.1) is 13.8 Å². The third kappa shape index (κ3) is 9.35. The van der Waals surface area contributed by atoms with Crippen LogP contribution in [0.4, 0.5) is 5.69 Å². The summed E-state index contributed by atoms with van der Waals surface area (Å²) in [6, 6.07) is 21.4. The van der Waals surface area contributed by atoms with Crippen molar-refractivity contribution in [2.75, 3.05) is 30.8 Å². The number of hydrogen-bond donors (Lipinski definition) is 1. The second-order valence-corrected chi connectivity index (χ2v) is 12.2. The van der Waals surface area contributed by atoms with Gasteiger partial charge < -0.3 is 15.0 Å². The van der Waals surface area contributed by atoms with Crippen LogP contribution in [0.25, 0.3) is 0 Å². The highest BCUT2D eigenvalue weighted by Gasteiger charge is 2.33. The number of benzene rings is 3. The normalized spacial score (nSPS) is 11.9. The number of ether oxygens (including phenoxy) is 1. The van der Waals surface area contributed by atoms with Gasteiger partial charge in [-0.2, -0.15) is 0 Å². The van der Waals surface area contributed by atoms with Gasteiger partial charge in [0.15, 0.2) is 0 Å². The van der Waals surface area contributed by atoms with Crippen LogP contribution >= 0.6 is 0 Å². The van der Waals surface area contributed by atoms with E-state index in [4.69, 9.17) is 4.74 Å². The Morgan fingerprint density at radius 2 is 1.59 bits per heavy atom. The quantitative estimate of drug-likeness (QED) is 0.281. The maximum atomic E-state index is 14.2. The molecule has 0 aliphatic carbocycles. The van der Waals surface area contributed by atoms with Gasteiger partial charge in [0.2, 0.25) is 21.8 Å². The molecule has 0 spiro atoms. The number of rotatable bonds is 14. The van der Waals surface area contributed by atoms with Crippen LogP contribution in [0.1, 0.15) is 42.0 Å². The van der Waals surface area contributed by atoms with E-state index in [9.17, 15) is 18.0 Å². The van der Waals surface area contributed by atoms with Crippen LogP contribution in [0.15, 0.2) is 72.8 Å². The fourth-order valence-corrected chi connectivity index (χ4v) is 5.57. The first kappa shape index (κ1) is 31.7. The number of carbonyl (C=O) groups excluding carboxylic acids is 2. The van der Waals surface area contributed by atoms with Crippen molar-refractivity contribution >= 4 is 27.5 Å². The van der Waals surface area contributed by atoms with Crippen LogP contribution in [0.5, 0.6) is 5.75 Å². The van der Waals surface area contributed by atoms with Crippen molar-refractivity contribution in [1.82, 2.24) is 10.2 Å². The zero-order chi connectivity index (χ0) is 30.0. The summed E-state index contributed by atoms with van der Waals surface area (Å²) in [5, 5.41) is 2.99. The molecular weight excluding hydrogens is 538 g/mol. The molecule has 0 fully saturated rings. The van der Waals surface area contributed by atoms with Gasteiger partial charge in [0, 0.05) is 19.5 Å². The first-order chi connectivity index (χ1) is 19.5. The van der Waals surface area contributed by atoms with E-state index in [0.29, 0.717) is 18.0 Å². The first-order valence-corrected chi connectivity index (χ1v) is 15.7. The number of aryl methyl sites for hydroxylation is 2. The lowest BCUT2D eigenvalue weighted by atomic mass is 10.0. The maximum absolute atomic E-state index is 14.2. The van der Waals surface area contributed by atoms with Crippen molar-refractivity contribution in [2.45, 2.75) is 52.6 Å². The van der Waals surface area contributed by atoms with E-state index in [-0.39, 0.29) is 18.9 Å². The van der Waals surface area contributed by atoms with Gasteiger partial charge >= 0.3 is 0 Å². The van der Waals surface area contributed by atoms with Crippen LogP contribution in [-0.2, 0) is 32.6 Å². The van der Waals surface area contributed by atoms with Crippen molar-refractivity contribution in [1.29, 1.82) is 0 Å². The van der Waals surface area contributed by atoms with Crippen molar-refractivity contribution in [3.8, 4) is 5.75 Å². The lowest BCUT2D eigenvalue weighted by molar-refractivity contribution is -0.140. The predicted molar refractivity (Wildman–Crippen MR) is 164 cm³/mol. The van der Waals surface area contributed by atoms with E-state index >= 15 is 0 Å². The Hall–Kier alpha value is -3.85. The second-order valence-electron chi connectivity index (χ2n) is 10.3. The SMILES string of the molecule is CCCCNC(=O)[C@H](Cc1ccccc1)N(Cc1cccc(OC)c1)C(=O)CN(c1cc(C)cc(C)c1)S(C)(=O)=O. The molecule has 0 unspecified atom stereocenters. The summed E-state index contributed by atoms with van der Waals surface area (Å²) in [6.45, 7) is 5.94. The van der Waals surface area contributed by atoms with Gasteiger partial charge in [-0.25, -0.2) is 8.42 Å². The molecule has 3 aromatic rings. The largest absolute Gasteiger partial charge is 0.497 e. The van der Waals surface area contributed by atoms with Gasteiger partial charge in [-0.1, -0.05) is 61.9 Å².